The van der Waals surface area contributed by atoms with Gasteiger partial charge in [0.15, 0.2) is 6.10 Å². The molecule has 2 unspecified atom stereocenters. The number of amides is 1. The molecule has 0 spiro atoms. The van der Waals surface area contributed by atoms with E-state index >= 15 is 0 Å². The van der Waals surface area contributed by atoms with Crippen molar-refractivity contribution in [2.75, 3.05) is 13.6 Å². The number of likely N-dealkylation sites (N-methyl/N-ethyl adjacent to an activating group) is 1. The van der Waals surface area contributed by atoms with E-state index in [1.807, 2.05) is 37.3 Å². The number of ether oxygens (including phenoxy) is 1. The first-order valence-electron chi connectivity index (χ1n) is 5.74. The largest absolute Gasteiger partial charge is 0.481 e. The van der Waals surface area contributed by atoms with Crippen molar-refractivity contribution in [1.29, 1.82) is 0 Å². The molecule has 0 bridgehead atoms. The summed E-state index contributed by atoms with van der Waals surface area (Å²) in [7, 11) is 1.74. The molecule has 17 heavy (non-hydrogen) atoms. The molecule has 0 aliphatic heterocycles. The molecule has 94 valence electrons. The number of carbonyl (C=O) groups is 1. The zero-order valence-corrected chi connectivity index (χ0v) is 10.6. The summed E-state index contributed by atoms with van der Waals surface area (Å²) in [6.45, 7) is 4.10. The Kier molecular flexibility index (Phi) is 4.97. The predicted octanol–water partition coefficient (Wildman–Crippen LogP) is 1.26. The minimum Gasteiger partial charge on any atom is -0.481 e. The van der Waals surface area contributed by atoms with Gasteiger partial charge in [-0.1, -0.05) is 18.2 Å². The third-order valence-corrected chi connectivity index (χ3v) is 2.75. The van der Waals surface area contributed by atoms with Crippen LogP contribution in [0.3, 0.4) is 0 Å². The van der Waals surface area contributed by atoms with Crippen molar-refractivity contribution in [2.24, 2.45) is 5.73 Å². The van der Waals surface area contributed by atoms with Crippen molar-refractivity contribution in [3.8, 4) is 5.75 Å². The van der Waals surface area contributed by atoms with Crippen LogP contribution in [0.5, 0.6) is 5.75 Å². The fourth-order valence-corrected chi connectivity index (χ4v) is 1.42. The lowest BCUT2D eigenvalue weighted by atomic mass is 10.2. The van der Waals surface area contributed by atoms with Gasteiger partial charge in [-0.25, -0.2) is 0 Å². The van der Waals surface area contributed by atoms with Crippen LogP contribution in [0.4, 0.5) is 0 Å². The first-order valence-corrected chi connectivity index (χ1v) is 5.74. The topological polar surface area (TPSA) is 55.6 Å². The number of hydrogen-bond acceptors (Lipinski definition) is 3. The predicted molar refractivity (Wildman–Crippen MR) is 67.8 cm³/mol. The Balaban J connectivity index is 2.58. The van der Waals surface area contributed by atoms with Crippen molar-refractivity contribution in [3.63, 3.8) is 0 Å². The molecule has 4 heteroatoms. The molecule has 0 fully saturated rings. The normalized spacial score (nSPS) is 13.9. The highest BCUT2D eigenvalue weighted by molar-refractivity contribution is 5.80. The average Bonchev–Trinajstić information content (AvgIpc) is 2.37. The van der Waals surface area contributed by atoms with Gasteiger partial charge in [0.2, 0.25) is 0 Å². The molecule has 2 N–H and O–H groups in total. The van der Waals surface area contributed by atoms with E-state index in [0.717, 1.165) is 0 Å². The fraction of sp³-hybridized carbons (Fsp3) is 0.462. The van der Waals surface area contributed by atoms with Crippen LogP contribution in [0.25, 0.3) is 0 Å². The van der Waals surface area contributed by atoms with Crippen LogP contribution >= 0.6 is 0 Å². The first kappa shape index (κ1) is 13.5. The third kappa shape index (κ3) is 3.75. The number of carbonyl (C=O) groups excluding carboxylic acids is 1. The van der Waals surface area contributed by atoms with Gasteiger partial charge in [-0.05, 0) is 26.0 Å². The van der Waals surface area contributed by atoms with E-state index in [2.05, 4.69) is 0 Å². The molecule has 0 aromatic heterocycles. The summed E-state index contributed by atoms with van der Waals surface area (Å²) in [6, 6.07) is 9.33. The van der Waals surface area contributed by atoms with Crippen molar-refractivity contribution >= 4 is 5.91 Å². The quantitative estimate of drug-likeness (QED) is 0.837. The molecule has 0 saturated carbocycles. The van der Waals surface area contributed by atoms with Gasteiger partial charge in [-0.2, -0.15) is 0 Å². The average molecular weight is 236 g/mol. The smallest absolute Gasteiger partial charge is 0.263 e. The summed E-state index contributed by atoms with van der Waals surface area (Å²) in [4.78, 5) is 13.6. The molecule has 1 amide bonds. The summed E-state index contributed by atoms with van der Waals surface area (Å²) >= 11 is 0. The number of nitrogens with two attached hydrogens (primary N) is 1. The second-order valence-corrected chi connectivity index (χ2v) is 4.11. The van der Waals surface area contributed by atoms with E-state index in [0.29, 0.717) is 12.3 Å². The van der Waals surface area contributed by atoms with Crippen molar-refractivity contribution < 1.29 is 9.53 Å². The number of hydrogen-bond donors (Lipinski definition) is 1. The van der Waals surface area contributed by atoms with Crippen LogP contribution in [-0.2, 0) is 4.79 Å². The molecule has 0 aliphatic carbocycles. The molecule has 1 aromatic carbocycles. The lowest BCUT2D eigenvalue weighted by Crippen LogP contribution is -2.45. The lowest BCUT2D eigenvalue weighted by molar-refractivity contribution is -0.138. The Hall–Kier alpha value is -1.55. The highest BCUT2D eigenvalue weighted by atomic mass is 16.5. The Bertz CT molecular complexity index is 354. The Morgan fingerprint density at radius 3 is 2.47 bits per heavy atom. The molecule has 0 aliphatic rings. The number of nitrogens with zero attached hydrogens (tertiary/aromatic N) is 1. The molecule has 0 saturated heterocycles. The van der Waals surface area contributed by atoms with Gasteiger partial charge >= 0.3 is 0 Å². The lowest BCUT2D eigenvalue weighted by Gasteiger charge is -2.26. The Morgan fingerprint density at radius 2 is 1.94 bits per heavy atom. The van der Waals surface area contributed by atoms with Crippen LogP contribution < -0.4 is 10.5 Å². The summed E-state index contributed by atoms with van der Waals surface area (Å²) < 4.78 is 5.56. The Morgan fingerprint density at radius 1 is 1.35 bits per heavy atom. The van der Waals surface area contributed by atoms with Gasteiger partial charge in [-0.15, -0.1) is 0 Å². The highest BCUT2D eigenvalue weighted by Crippen LogP contribution is 2.12. The summed E-state index contributed by atoms with van der Waals surface area (Å²) in [5.74, 6) is 0.633. The van der Waals surface area contributed by atoms with Gasteiger partial charge < -0.3 is 15.4 Å². The van der Waals surface area contributed by atoms with Crippen LogP contribution in [0.15, 0.2) is 30.3 Å². The highest BCUT2D eigenvalue weighted by Gasteiger charge is 2.22. The summed E-state index contributed by atoms with van der Waals surface area (Å²) in [6.07, 6.45) is -0.503. The summed E-state index contributed by atoms with van der Waals surface area (Å²) in [5, 5.41) is 0. The summed E-state index contributed by atoms with van der Waals surface area (Å²) in [5.41, 5.74) is 5.53. The van der Waals surface area contributed by atoms with E-state index in [4.69, 9.17) is 10.5 Å². The molecule has 0 heterocycles. The van der Waals surface area contributed by atoms with E-state index in [1.165, 1.54) is 0 Å². The van der Waals surface area contributed by atoms with Gasteiger partial charge in [0.1, 0.15) is 5.75 Å². The zero-order valence-electron chi connectivity index (χ0n) is 10.6. The molecular formula is C13H20N2O2. The molecular weight excluding hydrogens is 216 g/mol. The van der Waals surface area contributed by atoms with E-state index in [1.54, 1.807) is 18.9 Å². The van der Waals surface area contributed by atoms with Gasteiger partial charge in [0, 0.05) is 19.6 Å². The van der Waals surface area contributed by atoms with Crippen LogP contribution in [0, 0.1) is 0 Å². The van der Waals surface area contributed by atoms with Gasteiger partial charge in [0.05, 0.1) is 0 Å². The van der Waals surface area contributed by atoms with Crippen molar-refractivity contribution in [1.82, 2.24) is 4.90 Å². The molecule has 0 radical (unpaired) electrons. The van der Waals surface area contributed by atoms with E-state index in [9.17, 15) is 4.79 Å². The first-order chi connectivity index (χ1) is 8.06. The number of para-hydroxylation sites is 1. The van der Waals surface area contributed by atoms with Crippen LogP contribution in [0.1, 0.15) is 13.8 Å². The van der Waals surface area contributed by atoms with Crippen molar-refractivity contribution in [3.05, 3.63) is 30.3 Å². The molecule has 1 rings (SSSR count). The SMILES string of the molecule is CC(Oc1ccccc1)C(=O)N(C)C(C)CN. The number of rotatable bonds is 5. The number of benzene rings is 1. The maximum Gasteiger partial charge on any atom is 0.263 e. The second kappa shape index (κ2) is 6.25. The maximum absolute atomic E-state index is 12.0. The standard InChI is InChI=1S/C13H20N2O2/c1-10(9-14)15(3)13(16)11(2)17-12-7-5-4-6-8-12/h4-8,10-11H,9,14H2,1-3H3. The molecule has 4 nitrogen and oxygen atoms in total. The van der Waals surface area contributed by atoms with Gasteiger partial charge in [-0.3, -0.25) is 4.79 Å². The zero-order chi connectivity index (χ0) is 12.8. The van der Waals surface area contributed by atoms with E-state index in [-0.39, 0.29) is 11.9 Å². The monoisotopic (exact) mass is 236 g/mol. The second-order valence-electron chi connectivity index (χ2n) is 4.11. The maximum atomic E-state index is 12.0. The Labute approximate surface area is 102 Å². The fourth-order valence-electron chi connectivity index (χ4n) is 1.42. The van der Waals surface area contributed by atoms with Crippen LogP contribution in [0.2, 0.25) is 0 Å². The van der Waals surface area contributed by atoms with Crippen molar-refractivity contribution in [2.45, 2.75) is 26.0 Å². The van der Waals surface area contributed by atoms with Crippen LogP contribution in [-0.4, -0.2) is 36.5 Å². The minimum absolute atomic E-state index is 0.0179. The van der Waals surface area contributed by atoms with E-state index < -0.39 is 6.10 Å². The third-order valence-electron chi connectivity index (χ3n) is 2.75. The van der Waals surface area contributed by atoms with Gasteiger partial charge in [0.25, 0.3) is 5.91 Å². The molecule has 1 aromatic rings. The molecule has 2 atom stereocenters. The minimum atomic E-state index is -0.503.